The lowest BCUT2D eigenvalue weighted by atomic mass is 10.1. The minimum Gasteiger partial charge on any atom is -0.494 e. The van der Waals surface area contributed by atoms with Crippen LogP contribution in [0, 0.1) is 0 Å². The van der Waals surface area contributed by atoms with Gasteiger partial charge in [-0.1, -0.05) is 6.92 Å². The molecule has 0 spiro atoms. The van der Waals surface area contributed by atoms with E-state index in [4.69, 9.17) is 4.74 Å². The third kappa shape index (κ3) is 2.86. The van der Waals surface area contributed by atoms with Crippen LogP contribution in [0.4, 0.5) is 0 Å². The molecule has 1 aliphatic heterocycles. The van der Waals surface area contributed by atoms with Crippen LogP contribution >= 0.6 is 0 Å². The van der Waals surface area contributed by atoms with E-state index in [1.54, 1.807) is 36.4 Å². The van der Waals surface area contributed by atoms with Gasteiger partial charge in [0.1, 0.15) is 5.75 Å². The number of ether oxygens (including phenoxy) is 1. The minimum absolute atomic E-state index is 0.0932. The van der Waals surface area contributed by atoms with E-state index < -0.39 is 11.9 Å². The first-order chi connectivity index (χ1) is 11.1. The summed E-state index contributed by atoms with van der Waals surface area (Å²) in [4.78, 5) is 23.9. The molecule has 5 nitrogen and oxygen atoms in total. The van der Waals surface area contributed by atoms with Crippen LogP contribution in [0.1, 0.15) is 47.4 Å². The molecule has 2 heterocycles. The number of benzene rings is 1. The van der Waals surface area contributed by atoms with Gasteiger partial charge in [-0.3, -0.25) is 9.59 Å². The Labute approximate surface area is 134 Å². The Hall–Kier alpha value is -2.56. The average Bonchev–Trinajstić information content (AvgIpc) is 3.14. The molecule has 2 aromatic rings. The van der Waals surface area contributed by atoms with Gasteiger partial charge >= 0.3 is 5.97 Å². The van der Waals surface area contributed by atoms with Gasteiger partial charge in [0.2, 0.25) is 5.78 Å². The quantitative estimate of drug-likeness (QED) is 0.832. The molecule has 1 aliphatic rings. The average molecular weight is 313 g/mol. The summed E-state index contributed by atoms with van der Waals surface area (Å²) in [5, 5.41) is 9.21. The summed E-state index contributed by atoms with van der Waals surface area (Å²) in [6.45, 7) is 3.25. The Bertz CT molecular complexity index is 730. The second kappa shape index (κ2) is 6.28. The van der Waals surface area contributed by atoms with Gasteiger partial charge in [0.25, 0.3) is 0 Å². The highest BCUT2D eigenvalue weighted by Crippen LogP contribution is 2.31. The van der Waals surface area contributed by atoms with Gasteiger partial charge in [0.05, 0.1) is 18.2 Å². The number of carboxylic acids is 1. The Balaban J connectivity index is 1.82. The van der Waals surface area contributed by atoms with E-state index in [-0.39, 0.29) is 5.78 Å². The summed E-state index contributed by atoms with van der Waals surface area (Å²) in [5.74, 6) is -0.696. The highest BCUT2D eigenvalue weighted by atomic mass is 16.5. The first kappa shape index (κ1) is 15.3. The normalized spacial score (nSPS) is 16.1. The van der Waals surface area contributed by atoms with Crippen molar-refractivity contribution in [2.75, 3.05) is 6.61 Å². The van der Waals surface area contributed by atoms with Crippen molar-refractivity contribution in [3.63, 3.8) is 0 Å². The molecule has 0 saturated heterocycles. The van der Waals surface area contributed by atoms with Crippen LogP contribution in [0.2, 0.25) is 0 Å². The van der Waals surface area contributed by atoms with Gasteiger partial charge in [0.15, 0.2) is 0 Å². The van der Waals surface area contributed by atoms with Crippen LogP contribution in [0.15, 0.2) is 36.4 Å². The second-order valence-corrected chi connectivity index (χ2v) is 5.68. The molecular weight excluding hydrogens is 294 g/mol. The van der Waals surface area contributed by atoms with Crippen molar-refractivity contribution in [2.24, 2.45) is 0 Å². The van der Waals surface area contributed by atoms with Crippen LogP contribution in [-0.4, -0.2) is 28.0 Å². The van der Waals surface area contributed by atoms with Crippen LogP contribution in [0.5, 0.6) is 5.75 Å². The van der Waals surface area contributed by atoms with Crippen molar-refractivity contribution in [1.29, 1.82) is 0 Å². The first-order valence-electron chi connectivity index (χ1n) is 7.81. The molecule has 23 heavy (non-hydrogen) atoms. The molecule has 0 bridgehead atoms. The number of nitrogens with zero attached hydrogens (tertiary/aromatic N) is 1. The highest BCUT2D eigenvalue weighted by Gasteiger charge is 2.31. The number of carbonyl (C=O) groups is 2. The SMILES string of the molecule is CCCOc1ccc(C(=O)c2ccc3n2CCC3C(=O)O)cc1. The van der Waals surface area contributed by atoms with Gasteiger partial charge in [0, 0.05) is 17.8 Å². The third-order valence-electron chi connectivity index (χ3n) is 4.13. The molecule has 1 unspecified atom stereocenters. The van der Waals surface area contributed by atoms with Crippen molar-refractivity contribution < 1.29 is 19.4 Å². The lowest BCUT2D eigenvalue weighted by Crippen LogP contribution is -2.10. The van der Waals surface area contributed by atoms with Gasteiger partial charge < -0.3 is 14.4 Å². The van der Waals surface area contributed by atoms with Crippen molar-refractivity contribution in [3.8, 4) is 5.75 Å². The molecule has 1 aromatic carbocycles. The fourth-order valence-electron chi connectivity index (χ4n) is 2.96. The maximum absolute atomic E-state index is 12.7. The summed E-state index contributed by atoms with van der Waals surface area (Å²) in [7, 11) is 0. The van der Waals surface area contributed by atoms with Gasteiger partial charge in [-0.2, -0.15) is 0 Å². The zero-order valence-electron chi connectivity index (χ0n) is 13.0. The number of hydrogen-bond donors (Lipinski definition) is 1. The molecule has 1 aromatic heterocycles. The maximum Gasteiger partial charge on any atom is 0.312 e. The van der Waals surface area contributed by atoms with E-state index >= 15 is 0 Å². The first-order valence-corrected chi connectivity index (χ1v) is 7.81. The van der Waals surface area contributed by atoms with Crippen LogP contribution < -0.4 is 4.74 Å². The predicted molar refractivity (Wildman–Crippen MR) is 85.1 cm³/mol. The second-order valence-electron chi connectivity index (χ2n) is 5.68. The zero-order chi connectivity index (χ0) is 16.4. The van der Waals surface area contributed by atoms with Gasteiger partial charge in [-0.25, -0.2) is 0 Å². The smallest absolute Gasteiger partial charge is 0.312 e. The summed E-state index contributed by atoms with van der Waals surface area (Å²) < 4.78 is 7.34. The number of hydrogen-bond acceptors (Lipinski definition) is 3. The zero-order valence-corrected chi connectivity index (χ0v) is 13.0. The van der Waals surface area contributed by atoms with E-state index in [1.165, 1.54) is 0 Å². The Morgan fingerprint density at radius 2 is 1.96 bits per heavy atom. The largest absolute Gasteiger partial charge is 0.494 e. The molecule has 0 saturated carbocycles. The summed E-state index contributed by atoms with van der Waals surface area (Å²) in [6, 6.07) is 10.5. The van der Waals surface area contributed by atoms with Gasteiger partial charge in [-0.15, -0.1) is 0 Å². The topological polar surface area (TPSA) is 68.5 Å². The molecular formula is C18H19NO4. The van der Waals surface area contributed by atoms with E-state index in [0.717, 1.165) is 12.2 Å². The molecule has 120 valence electrons. The van der Waals surface area contributed by atoms with E-state index in [1.807, 2.05) is 11.5 Å². The number of ketones is 1. The molecule has 0 radical (unpaired) electrons. The lowest BCUT2D eigenvalue weighted by molar-refractivity contribution is -0.138. The molecule has 5 heteroatoms. The number of rotatable bonds is 6. The summed E-state index contributed by atoms with van der Waals surface area (Å²) in [6.07, 6.45) is 1.47. The maximum atomic E-state index is 12.7. The highest BCUT2D eigenvalue weighted by molar-refractivity contribution is 6.08. The van der Waals surface area contributed by atoms with Crippen molar-refractivity contribution in [1.82, 2.24) is 4.57 Å². The molecule has 0 amide bonds. The number of carbonyl (C=O) groups excluding carboxylic acids is 1. The van der Waals surface area contributed by atoms with Crippen molar-refractivity contribution in [3.05, 3.63) is 53.3 Å². The van der Waals surface area contributed by atoms with Gasteiger partial charge in [-0.05, 0) is 49.2 Å². The molecule has 1 N–H and O–H groups in total. The fraction of sp³-hybridized carbons (Fsp3) is 0.333. The molecule has 3 rings (SSSR count). The van der Waals surface area contributed by atoms with Crippen molar-refractivity contribution >= 4 is 11.8 Å². The molecule has 0 fully saturated rings. The number of carboxylic acid groups (broad SMARTS) is 1. The standard InChI is InChI=1S/C18H19NO4/c1-2-11-23-13-5-3-12(4-6-13)17(20)16-8-7-15-14(18(21)22)9-10-19(15)16/h3-8,14H,2,9-11H2,1H3,(H,21,22). The summed E-state index contributed by atoms with van der Waals surface area (Å²) in [5.41, 5.74) is 1.84. The number of fused-ring (bicyclic) bond motifs is 1. The Morgan fingerprint density at radius 1 is 1.22 bits per heavy atom. The Morgan fingerprint density at radius 3 is 2.61 bits per heavy atom. The molecule has 0 aliphatic carbocycles. The summed E-state index contributed by atoms with van der Waals surface area (Å²) >= 11 is 0. The molecule has 1 atom stereocenters. The van der Waals surface area contributed by atoms with Crippen LogP contribution in [-0.2, 0) is 11.3 Å². The van der Waals surface area contributed by atoms with E-state index in [0.29, 0.717) is 36.5 Å². The lowest BCUT2D eigenvalue weighted by Gasteiger charge is -2.07. The number of aromatic nitrogens is 1. The van der Waals surface area contributed by atoms with Crippen LogP contribution in [0.25, 0.3) is 0 Å². The Kier molecular flexibility index (Phi) is 4.19. The van der Waals surface area contributed by atoms with Crippen molar-refractivity contribution in [2.45, 2.75) is 32.2 Å². The third-order valence-corrected chi connectivity index (χ3v) is 4.13. The van der Waals surface area contributed by atoms with Crippen LogP contribution in [0.3, 0.4) is 0 Å². The minimum atomic E-state index is -0.835. The van der Waals surface area contributed by atoms with E-state index in [2.05, 4.69) is 0 Å². The fourth-order valence-corrected chi connectivity index (χ4v) is 2.96. The monoisotopic (exact) mass is 313 g/mol. The predicted octanol–water partition coefficient (Wildman–Crippen LogP) is 3.08. The number of aliphatic carboxylic acids is 1. The van der Waals surface area contributed by atoms with E-state index in [9.17, 15) is 14.7 Å².